The highest BCUT2D eigenvalue weighted by molar-refractivity contribution is 5.84. The molecule has 0 radical (unpaired) electrons. The number of ether oxygens (including phenoxy) is 3. The lowest BCUT2D eigenvalue weighted by molar-refractivity contribution is -0.127. The molecule has 1 amide bonds. The molecule has 0 aliphatic rings. The first-order chi connectivity index (χ1) is 15.5. The second-order valence-electron chi connectivity index (χ2n) is 7.34. The highest BCUT2D eigenvalue weighted by Gasteiger charge is 2.07. The zero-order valence-corrected chi connectivity index (χ0v) is 19.6. The molecule has 0 heterocycles. The van der Waals surface area contributed by atoms with E-state index in [4.69, 9.17) is 14.2 Å². The van der Waals surface area contributed by atoms with Crippen LogP contribution in [0.3, 0.4) is 0 Å². The number of aliphatic imine (C=N–C) groups is 1. The number of hydrogen-bond acceptors (Lipinski definition) is 5. The molecule has 2 N–H and O–H groups in total. The topological polar surface area (TPSA) is 84.4 Å². The SMILES string of the molecule is COc1ccc(CCNC(=NCC(=O)N(C)C)NCCc2ccc(OC)c(OC)c2)cc1. The second kappa shape index (κ2) is 13.1. The number of benzene rings is 2. The molecule has 0 saturated heterocycles. The van der Waals surface area contributed by atoms with Crippen LogP contribution in [0.1, 0.15) is 11.1 Å². The van der Waals surface area contributed by atoms with Crippen molar-refractivity contribution >= 4 is 11.9 Å². The van der Waals surface area contributed by atoms with E-state index in [0.717, 1.165) is 24.2 Å². The van der Waals surface area contributed by atoms with Gasteiger partial charge in [0.2, 0.25) is 5.91 Å². The summed E-state index contributed by atoms with van der Waals surface area (Å²) in [5.74, 6) is 2.79. The van der Waals surface area contributed by atoms with Crippen LogP contribution in [-0.4, -0.2) is 71.8 Å². The van der Waals surface area contributed by atoms with E-state index in [0.29, 0.717) is 30.5 Å². The smallest absolute Gasteiger partial charge is 0.243 e. The van der Waals surface area contributed by atoms with E-state index in [1.54, 1.807) is 35.4 Å². The van der Waals surface area contributed by atoms with Gasteiger partial charge in [0.1, 0.15) is 12.3 Å². The quantitative estimate of drug-likeness (QED) is 0.410. The number of likely N-dealkylation sites (N-methyl/N-ethyl adjacent to an activating group) is 1. The number of amides is 1. The molecular formula is C24H34N4O4. The van der Waals surface area contributed by atoms with Gasteiger partial charge in [0.05, 0.1) is 21.3 Å². The number of nitrogens with zero attached hydrogens (tertiary/aromatic N) is 2. The fourth-order valence-electron chi connectivity index (χ4n) is 2.94. The van der Waals surface area contributed by atoms with Gasteiger partial charge in [-0.05, 0) is 48.2 Å². The Morgan fingerprint density at radius 3 is 2.00 bits per heavy atom. The van der Waals surface area contributed by atoms with Crippen molar-refractivity contribution in [2.24, 2.45) is 4.99 Å². The predicted molar refractivity (Wildman–Crippen MR) is 127 cm³/mol. The van der Waals surface area contributed by atoms with Gasteiger partial charge in [-0.3, -0.25) is 4.79 Å². The molecule has 8 heteroatoms. The molecule has 0 bridgehead atoms. The molecule has 2 aromatic carbocycles. The third-order valence-corrected chi connectivity index (χ3v) is 4.89. The van der Waals surface area contributed by atoms with Gasteiger partial charge < -0.3 is 29.7 Å². The van der Waals surface area contributed by atoms with Crippen molar-refractivity contribution in [3.05, 3.63) is 53.6 Å². The predicted octanol–water partition coefficient (Wildman–Crippen LogP) is 2.12. The van der Waals surface area contributed by atoms with Crippen molar-refractivity contribution < 1.29 is 19.0 Å². The van der Waals surface area contributed by atoms with Crippen LogP contribution in [0.25, 0.3) is 0 Å². The molecule has 8 nitrogen and oxygen atoms in total. The Balaban J connectivity index is 1.93. The molecule has 0 unspecified atom stereocenters. The Morgan fingerprint density at radius 2 is 1.44 bits per heavy atom. The van der Waals surface area contributed by atoms with Crippen LogP contribution in [0.2, 0.25) is 0 Å². The zero-order chi connectivity index (χ0) is 23.3. The lowest BCUT2D eigenvalue weighted by Crippen LogP contribution is -2.40. The van der Waals surface area contributed by atoms with Crippen molar-refractivity contribution in [2.45, 2.75) is 12.8 Å². The fraction of sp³-hybridized carbons (Fsp3) is 0.417. The summed E-state index contributed by atoms with van der Waals surface area (Å²) in [6.45, 7) is 1.42. The first kappa shape index (κ1) is 24.8. The molecule has 0 saturated carbocycles. The Morgan fingerprint density at radius 1 is 0.844 bits per heavy atom. The largest absolute Gasteiger partial charge is 0.497 e. The van der Waals surface area contributed by atoms with Crippen molar-refractivity contribution in [1.82, 2.24) is 15.5 Å². The van der Waals surface area contributed by atoms with Crippen LogP contribution in [0.15, 0.2) is 47.5 Å². The number of carbonyl (C=O) groups is 1. The monoisotopic (exact) mass is 442 g/mol. The zero-order valence-electron chi connectivity index (χ0n) is 19.6. The number of rotatable bonds is 11. The van der Waals surface area contributed by atoms with E-state index < -0.39 is 0 Å². The maximum absolute atomic E-state index is 12.0. The van der Waals surface area contributed by atoms with E-state index in [2.05, 4.69) is 15.6 Å². The summed E-state index contributed by atoms with van der Waals surface area (Å²) in [7, 11) is 8.34. The summed E-state index contributed by atoms with van der Waals surface area (Å²) >= 11 is 0. The summed E-state index contributed by atoms with van der Waals surface area (Å²) in [4.78, 5) is 17.9. The molecule has 0 aliphatic heterocycles. The first-order valence-electron chi connectivity index (χ1n) is 10.5. The van der Waals surface area contributed by atoms with Crippen molar-refractivity contribution in [3.63, 3.8) is 0 Å². The van der Waals surface area contributed by atoms with Gasteiger partial charge in [-0.2, -0.15) is 0 Å². The molecular weight excluding hydrogens is 408 g/mol. The highest BCUT2D eigenvalue weighted by Crippen LogP contribution is 2.27. The van der Waals surface area contributed by atoms with Crippen LogP contribution in [0.4, 0.5) is 0 Å². The average Bonchev–Trinajstić information content (AvgIpc) is 2.82. The summed E-state index contributed by atoms with van der Waals surface area (Å²) in [5, 5.41) is 6.62. The molecule has 2 rings (SSSR count). The standard InChI is InChI=1S/C24H34N4O4/c1-28(2)23(29)17-27-24(25-14-12-18-6-9-20(30-3)10-7-18)26-15-13-19-8-11-21(31-4)22(16-19)32-5/h6-11,16H,12-15,17H2,1-5H3,(H2,25,26,27). The minimum absolute atomic E-state index is 0.0545. The lowest BCUT2D eigenvalue weighted by Gasteiger charge is -2.14. The number of guanidine groups is 1. The van der Waals surface area contributed by atoms with E-state index in [1.165, 1.54) is 10.5 Å². The summed E-state index contributed by atoms with van der Waals surface area (Å²) in [6, 6.07) is 13.8. The molecule has 0 aromatic heterocycles. The van der Waals surface area contributed by atoms with E-state index in [-0.39, 0.29) is 12.5 Å². The molecule has 2 aromatic rings. The highest BCUT2D eigenvalue weighted by atomic mass is 16.5. The molecule has 0 spiro atoms. The van der Waals surface area contributed by atoms with Gasteiger partial charge in [0.15, 0.2) is 17.5 Å². The number of hydrogen-bond donors (Lipinski definition) is 2. The van der Waals surface area contributed by atoms with Crippen LogP contribution in [-0.2, 0) is 17.6 Å². The van der Waals surface area contributed by atoms with Crippen LogP contribution < -0.4 is 24.8 Å². The maximum Gasteiger partial charge on any atom is 0.243 e. The summed E-state index contributed by atoms with van der Waals surface area (Å²) in [5.41, 5.74) is 2.30. The van der Waals surface area contributed by atoms with E-state index in [9.17, 15) is 4.79 Å². The third-order valence-electron chi connectivity index (χ3n) is 4.89. The number of carbonyl (C=O) groups excluding carboxylic acids is 1. The molecule has 0 aliphatic carbocycles. The maximum atomic E-state index is 12.0. The molecule has 32 heavy (non-hydrogen) atoms. The van der Waals surface area contributed by atoms with E-state index in [1.807, 2.05) is 42.5 Å². The van der Waals surface area contributed by atoms with Gasteiger partial charge >= 0.3 is 0 Å². The normalized spacial score (nSPS) is 11.0. The summed E-state index contributed by atoms with van der Waals surface area (Å²) in [6.07, 6.45) is 1.59. The van der Waals surface area contributed by atoms with E-state index >= 15 is 0 Å². The van der Waals surface area contributed by atoms with Gasteiger partial charge in [0.25, 0.3) is 0 Å². The van der Waals surface area contributed by atoms with Crippen LogP contribution in [0.5, 0.6) is 17.2 Å². The van der Waals surface area contributed by atoms with Crippen molar-refractivity contribution in [1.29, 1.82) is 0 Å². The molecule has 0 atom stereocenters. The Bertz CT molecular complexity index is 882. The number of nitrogens with one attached hydrogen (secondary N) is 2. The van der Waals surface area contributed by atoms with Crippen molar-refractivity contribution in [3.8, 4) is 17.2 Å². The van der Waals surface area contributed by atoms with Crippen molar-refractivity contribution in [2.75, 3.05) is 55.1 Å². The Hall–Kier alpha value is -3.42. The lowest BCUT2D eigenvalue weighted by atomic mass is 10.1. The molecule has 174 valence electrons. The average molecular weight is 443 g/mol. The minimum Gasteiger partial charge on any atom is -0.497 e. The number of methoxy groups -OCH3 is 3. The Labute approximate surface area is 190 Å². The molecule has 0 fully saturated rings. The van der Waals surface area contributed by atoms with Gasteiger partial charge in [-0.25, -0.2) is 4.99 Å². The van der Waals surface area contributed by atoms with Gasteiger partial charge in [0, 0.05) is 27.2 Å². The van der Waals surface area contributed by atoms with Gasteiger partial charge in [-0.15, -0.1) is 0 Å². The van der Waals surface area contributed by atoms with Gasteiger partial charge in [-0.1, -0.05) is 18.2 Å². The first-order valence-corrected chi connectivity index (χ1v) is 10.5. The van der Waals surface area contributed by atoms with Crippen LogP contribution >= 0.6 is 0 Å². The Kier molecular flexibility index (Phi) is 10.2. The van der Waals surface area contributed by atoms with Crippen LogP contribution in [0, 0.1) is 0 Å². The minimum atomic E-state index is -0.0545. The fourth-order valence-corrected chi connectivity index (χ4v) is 2.94. The second-order valence-corrected chi connectivity index (χ2v) is 7.34. The summed E-state index contributed by atoms with van der Waals surface area (Å²) < 4.78 is 15.9. The third kappa shape index (κ3) is 8.02.